The van der Waals surface area contributed by atoms with Crippen molar-refractivity contribution in [2.24, 2.45) is 13.0 Å². The fourth-order valence-corrected chi connectivity index (χ4v) is 6.01. The molecule has 1 aromatic heterocycles. The molecular weight excluding hydrogens is 416 g/mol. The first-order chi connectivity index (χ1) is 16.1. The maximum atomic E-state index is 12.3. The van der Waals surface area contributed by atoms with Crippen LogP contribution in [0.3, 0.4) is 0 Å². The van der Waals surface area contributed by atoms with Gasteiger partial charge in [-0.1, -0.05) is 19.3 Å². The first kappa shape index (κ1) is 22.3. The Labute approximate surface area is 196 Å². The van der Waals surface area contributed by atoms with Gasteiger partial charge < -0.3 is 14.8 Å². The highest BCUT2D eigenvalue weighted by Gasteiger charge is 2.42. The molecule has 1 aromatic carbocycles. The van der Waals surface area contributed by atoms with E-state index < -0.39 is 0 Å². The van der Waals surface area contributed by atoms with Crippen molar-refractivity contribution >= 4 is 6.09 Å². The van der Waals surface area contributed by atoms with E-state index in [0.717, 1.165) is 49.4 Å². The van der Waals surface area contributed by atoms with Crippen molar-refractivity contribution in [2.45, 2.75) is 62.9 Å². The summed E-state index contributed by atoms with van der Waals surface area (Å²) in [5.41, 5.74) is 3.41. The largest absolute Gasteiger partial charge is 0.497 e. The number of aromatic nitrogens is 2. The number of hydrogen-bond donors (Lipinski definition) is 1. The molecule has 1 aliphatic carbocycles. The lowest BCUT2D eigenvalue weighted by molar-refractivity contribution is -0.00471. The van der Waals surface area contributed by atoms with Crippen molar-refractivity contribution < 1.29 is 14.3 Å². The highest BCUT2D eigenvalue weighted by Crippen LogP contribution is 2.42. The van der Waals surface area contributed by atoms with Gasteiger partial charge in [0.2, 0.25) is 0 Å². The van der Waals surface area contributed by atoms with Crippen LogP contribution in [0, 0.1) is 5.92 Å². The summed E-state index contributed by atoms with van der Waals surface area (Å²) in [5, 5.41) is 7.88. The summed E-state index contributed by atoms with van der Waals surface area (Å²) in [4.78, 5) is 14.8. The third-order valence-electron chi connectivity index (χ3n) is 7.89. The fourth-order valence-electron chi connectivity index (χ4n) is 6.01. The Kier molecular flexibility index (Phi) is 6.58. The Bertz CT molecular complexity index is 951. The summed E-state index contributed by atoms with van der Waals surface area (Å²) in [6.07, 6.45) is 7.89. The number of fused-ring (bicyclic) bond motifs is 3. The lowest BCUT2D eigenvalue weighted by atomic mass is 9.74. The van der Waals surface area contributed by atoms with Crippen LogP contribution in [0.15, 0.2) is 30.3 Å². The number of methoxy groups -OCH3 is 1. The second kappa shape index (κ2) is 9.75. The Hall–Kier alpha value is -2.54. The van der Waals surface area contributed by atoms with E-state index >= 15 is 0 Å². The van der Waals surface area contributed by atoms with Gasteiger partial charge in [0.05, 0.1) is 12.8 Å². The minimum Gasteiger partial charge on any atom is -0.497 e. The number of benzene rings is 1. The Morgan fingerprint density at radius 1 is 1.15 bits per heavy atom. The van der Waals surface area contributed by atoms with Crippen molar-refractivity contribution in [3.8, 4) is 17.0 Å². The predicted molar refractivity (Wildman–Crippen MR) is 127 cm³/mol. The number of aryl methyl sites for hydroxylation is 1. The number of nitrogens with one attached hydrogen (secondary N) is 1. The van der Waals surface area contributed by atoms with Crippen molar-refractivity contribution in [3.05, 3.63) is 36.0 Å². The number of carbonyl (C=O) groups is 1. The molecule has 1 saturated carbocycles. The standard InChI is InChI=1S/C26H36N4O3/c1-29-25(15-24(28-29)18-8-10-22(32-2)11-9-18)23-16-30-13-12-19(23)14-21(30)17-33-26(31)27-20-6-4-3-5-7-20/h8-11,15,19-21,23H,3-7,12-14,16-17H2,1-2H3,(H,27,31). The molecule has 6 rings (SSSR count). The molecule has 4 heterocycles. The predicted octanol–water partition coefficient (Wildman–Crippen LogP) is 4.33. The van der Waals surface area contributed by atoms with E-state index in [1.54, 1.807) is 7.11 Å². The minimum atomic E-state index is -0.239. The number of carbonyl (C=O) groups excluding carboxylic acids is 1. The molecule has 178 valence electrons. The average Bonchev–Trinajstić information content (AvgIpc) is 3.25. The van der Waals surface area contributed by atoms with Gasteiger partial charge in [0.25, 0.3) is 0 Å². The van der Waals surface area contributed by atoms with E-state index in [9.17, 15) is 4.79 Å². The topological polar surface area (TPSA) is 68.6 Å². The van der Waals surface area contributed by atoms with Gasteiger partial charge >= 0.3 is 6.09 Å². The normalized spacial score (nSPS) is 27.3. The summed E-state index contributed by atoms with van der Waals surface area (Å²) in [6, 6.07) is 11.0. The molecule has 3 aliphatic heterocycles. The van der Waals surface area contributed by atoms with Gasteiger partial charge in [-0.15, -0.1) is 0 Å². The SMILES string of the molecule is COc1ccc(-c2cc(C3CN4CCC3CC4COC(=O)NC3CCCCC3)n(C)n2)cc1. The molecule has 1 N–H and O–H groups in total. The smallest absolute Gasteiger partial charge is 0.407 e. The van der Waals surface area contributed by atoms with Gasteiger partial charge in [0.1, 0.15) is 12.4 Å². The van der Waals surface area contributed by atoms with E-state index in [4.69, 9.17) is 14.6 Å². The van der Waals surface area contributed by atoms with E-state index in [1.807, 2.05) is 12.1 Å². The molecule has 2 bridgehead atoms. The van der Waals surface area contributed by atoms with Gasteiger partial charge in [-0.3, -0.25) is 9.58 Å². The molecule has 4 unspecified atom stereocenters. The van der Waals surface area contributed by atoms with Crippen LogP contribution < -0.4 is 10.1 Å². The summed E-state index contributed by atoms with van der Waals surface area (Å²) >= 11 is 0. The summed E-state index contributed by atoms with van der Waals surface area (Å²) in [5.74, 6) is 1.92. The minimum absolute atomic E-state index is 0.239. The molecule has 4 atom stereocenters. The number of alkyl carbamates (subject to hydrolysis) is 1. The van der Waals surface area contributed by atoms with Crippen molar-refractivity contribution in [1.29, 1.82) is 0 Å². The van der Waals surface area contributed by atoms with Crippen LogP contribution in [0.5, 0.6) is 5.75 Å². The molecule has 0 radical (unpaired) electrons. The summed E-state index contributed by atoms with van der Waals surface area (Å²) < 4.78 is 13.0. The molecule has 7 heteroatoms. The monoisotopic (exact) mass is 452 g/mol. The van der Waals surface area contributed by atoms with Crippen LogP contribution >= 0.6 is 0 Å². The molecule has 2 aromatic rings. The maximum absolute atomic E-state index is 12.3. The molecule has 1 amide bonds. The molecule has 0 spiro atoms. The molecular formula is C26H36N4O3. The van der Waals surface area contributed by atoms with E-state index in [2.05, 4.69) is 40.1 Å². The molecule has 4 aliphatic rings. The van der Waals surface area contributed by atoms with Crippen LogP contribution in [0.4, 0.5) is 4.79 Å². The van der Waals surface area contributed by atoms with Crippen molar-refractivity contribution in [2.75, 3.05) is 26.8 Å². The lowest BCUT2D eigenvalue weighted by Gasteiger charge is -2.49. The van der Waals surface area contributed by atoms with Gasteiger partial charge in [0.15, 0.2) is 0 Å². The van der Waals surface area contributed by atoms with E-state index in [1.165, 1.54) is 31.4 Å². The number of piperidine rings is 3. The highest BCUT2D eigenvalue weighted by molar-refractivity contribution is 5.67. The van der Waals surface area contributed by atoms with Gasteiger partial charge in [-0.05, 0) is 68.5 Å². The van der Waals surface area contributed by atoms with Gasteiger partial charge in [-0.25, -0.2) is 4.79 Å². The van der Waals surface area contributed by atoms with Crippen molar-refractivity contribution in [1.82, 2.24) is 20.0 Å². The van der Waals surface area contributed by atoms with Crippen LogP contribution in [-0.4, -0.2) is 59.7 Å². The third kappa shape index (κ3) is 4.88. The Balaban J connectivity index is 1.19. The second-order valence-corrected chi connectivity index (χ2v) is 9.92. The van der Waals surface area contributed by atoms with Gasteiger partial charge in [-0.2, -0.15) is 5.10 Å². The van der Waals surface area contributed by atoms with Crippen LogP contribution in [0.2, 0.25) is 0 Å². The Morgan fingerprint density at radius 2 is 1.94 bits per heavy atom. The van der Waals surface area contributed by atoms with Crippen LogP contribution in [0.1, 0.15) is 56.6 Å². The number of nitrogens with zero attached hydrogens (tertiary/aromatic N) is 3. The van der Waals surface area contributed by atoms with Crippen LogP contribution in [-0.2, 0) is 11.8 Å². The first-order valence-corrected chi connectivity index (χ1v) is 12.5. The quantitative estimate of drug-likeness (QED) is 0.706. The number of amides is 1. The second-order valence-electron chi connectivity index (χ2n) is 9.92. The van der Waals surface area contributed by atoms with Crippen LogP contribution in [0.25, 0.3) is 11.3 Å². The highest BCUT2D eigenvalue weighted by atomic mass is 16.5. The van der Waals surface area contributed by atoms with Crippen molar-refractivity contribution in [3.63, 3.8) is 0 Å². The van der Waals surface area contributed by atoms with E-state index in [-0.39, 0.29) is 6.09 Å². The molecule has 3 saturated heterocycles. The maximum Gasteiger partial charge on any atom is 0.407 e. The fraction of sp³-hybridized carbons (Fsp3) is 0.615. The molecule has 7 nitrogen and oxygen atoms in total. The summed E-state index contributed by atoms with van der Waals surface area (Å²) in [7, 11) is 3.74. The average molecular weight is 453 g/mol. The number of ether oxygens (including phenoxy) is 2. The lowest BCUT2D eigenvalue weighted by Crippen LogP contribution is -2.54. The number of rotatable bonds is 6. The van der Waals surface area contributed by atoms with Gasteiger partial charge in [0, 0.05) is 42.9 Å². The molecule has 33 heavy (non-hydrogen) atoms. The summed E-state index contributed by atoms with van der Waals surface area (Å²) in [6.45, 7) is 2.58. The zero-order chi connectivity index (χ0) is 22.8. The molecule has 4 fully saturated rings. The third-order valence-corrected chi connectivity index (χ3v) is 7.89. The Morgan fingerprint density at radius 3 is 2.64 bits per heavy atom. The first-order valence-electron chi connectivity index (χ1n) is 12.5. The van der Waals surface area contributed by atoms with E-state index in [0.29, 0.717) is 30.5 Å². The zero-order valence-corrected chi connectivity index (χ0v) is 19.8. The zero-order valence-electron chi connectivity index (χ0n) is 19.8. The number of hydrogen-bond acceptors (Lipinski definition) is 5.